The van der Waals surface area contributed by atoms with Gasteiger partial charge in [0, 0.05) is 11.1 Å². The first-order valence-corrected chi connectivity index (χ1v) is 6.65. The Morgan fingerprint density at radius 2 is 2.21 bits per heavy atom. The van der Waals surface area contributed by atoms with E-state index in [1.54, 1.807) is 6.26 Å². The predicted octanol–water partition coefficient (Wildman–Crippen LogP) is 4.03. The number of rotatable bonds is 3. The summed E-state index contributed by atoms with van der Waals surface area (Å²) in [5.41, 5.74) is 2.63. The number of imidazole rings is 1. The molecule has 4 nitrogen and oxygen atoms in total. The summed E-state index contributed by atoms with van der Waals surface area (Å²) in [7, 11) is 0. The topological polar surface area (TPSA) is 43.9 Å². The summed E-state index contributed by atoms with van der Waals surface area (Å²) in [6.45, 7) is 2.45. The van der Waals surface area contributed by atoms with Crippen molar-refractivity contribution < 1.29 is 4.52 Å². The first-order chi connectivity index (χ1) is 9.15. The lowest BCUT2D eigenvalue weighted by molar-refractivity contribution is 0.409. The molecule has 6 heteroatoms. The maximum atomic E-state index is 6.20. The lowest BCUT2D eigenvalue weighted by Gasteiger charge is -2.08. The molecule has 0 N–H and O–H groups in total. The normalized spacial score (nSPS) is 13.0. The Hall–Kier alpha value is -1.52. The lowest BCUT2D eigenvalue weighted by atomic mass is 10.3. The van der Waals surface area contributed by atoms with Gasteiger partial charge in [-0.15, -0.1) is 11.6 Å². The van der Waals surface area contributed by atoms with Crippen LogP contribution in [0.4, 0.5) is 0 Å². The van der Waals surface area contributed by atoms with E-state index < -0.39 is 0 Å². The van der Waals surface area contributed by atoms with E-state index >= 15 is 0 Å². The summed E-state index contributed by atoms with van der Waals surface area (Å²) in [5, 5.41) is 4.39. The second-order valence-electron chi connectivity index (χ2n) is 4.30. The van der Waals surface area contributed by atoms with Crippen molar-refractivity contribution in [2.24, 2.45) is 0 Å². The van der Waals surface area contributed by atoms with Crippen molar-refractivity contribution >= 4 is 34.2 Å². The predicted molar refractivity (Wildman–Crippen MR) is 74.6 cm³/mol. The van der Waals surface area contributed by atoms with Gasteiger partial charge in [-0.05, 0) is 25.1 Å². The van der Waals surface area contributed by atoms with Gasteiger partial charge < -0.3 is 9.09 Å². The lowest BCUT2D eigenvalue weighted by Crippen LogP contribution is -2.06. The van der Waals surface area contributed by atoms with Crippen LogP contribution in [0.1, 0.15) is 23.8 Å². The molecule has 0 amide bonds. The van der Waals surface area contributed by atoms with Gasteiger partial charge in [0.05, 0.1) is 23.0 Å². The maximum absolute atomic E-state index is 6.20. The molecule has 1 atom stereocenters. The van der Waals surface area contributed by atoms with Crippen LogP contribution in [0.3, 0.4) is 0 Å². The van der Waals surface area contributed by atoms with Crippen molar-refractivity contribution in [2.45, 2.75) is 18.8 Å². The highest BCUT2D eigenvalue weighted by Gasteiger charge is 2.16. The molecule has 19 heavy (non-hydrogen) atoms. The fourth-order valence-corrected chi connectivity index (χ4v) is 2.40. The van der Waals surface area contributed by atoms with Crippen LogP contribution >= 0.6 is 23.2 Å². The molecule has 3 rings (SSSR count). The molecule has 0 saturated carbocycles. The maximum Gasteiger partial charge on any atom is 0.128 e. The molecule has 0 aliphatic heterocycles. The zero-order valence-electron chi connectivity index (χ0n) is 10.2. The van der Waals surface area contributed by atoms with E-state index in [0.717, 1.165) is 22.6 Å². The third-order valence-corrected chi connectivity index (χ3v) is 3.34. The monoisotopic (exact) mass is 295 g/mol. The Morgan fingerprint density at radius 3 is 2.89 bits per heavy atom. The van der Waals surface area contributed by atoms with Gasteiger partial charge in [0.25, 0.3) is 0 Å². The Kier molecular flexibility index (Phi) is 3.21. The van der Waals surface area contributed by atoms with E-state index in [4.69, 9.17) is 27.7 Å². The largest absolute Gasteiger partial charge is 0.364 e. The minimum absolute atomic E-state index is 0.196. The smallest absolute Gasteiger partial charge is 0.128 e. The molecule has 0 radical (unpaired) electrons. The van der Waals surface area contributed by atoms with Crippen LogP contribution in [0.15, 0.2) is 35.1 Å². The molecule has 98 valence electrons. The molecule has 0 saturated heterocycles. The molecule has 0 aliphatic carbocycles. The van der Waals surface area contributed by atoms with Gasteiger partial charge in [0.15, 0.2) is 0 Å². The van der Waals surface area contributed by atoms with E-state index in [1.807, 2.05) is 35.8 Å². The van der Waals surface area contributed by atoms with E-state index in [0.29, 0.717) is 11.6 Å². The summed E-state index contributed by atoms with van der Waals surface area (Å²) >= 11 is 12.3. The number of hydrogen-bond donors (Lipinski definition) is 0. The average molecular weight is 296 g/mol. The Morgan fingerprint density at radius 1 is 1.37 bits per heavy atom. The van der Waals surface area contributed by atoms with Gasteiger partial charge in [0.2, 0.25) is 0 Å². The van der Waals surface area contributed by atoms with Gasteiger partial charge in [-0.1, -0.05) is 16.8 Å². The zero-order chi connectivity index (χ0) is 13.4. The number of aromatic nitrogens is 3. The third-order valence-electron chi connectivity index (χ3n) is 2.91. The number of nitrogens with zero attached hydrogens (tertiary/aromatic N) is 3. The van der Waals surface area contributed by atoms with E-state index in [1.165, 1.54) is 0 Å². The Labute approximate surface area is 119 Å². The van der Waals surface area contributed by atoms with Crippen LogP contribution in [0.2, 0.25) is 5.02 Å². The van der Waals surface area contributed by atoms with E-state index in [9.17, 15) is 0 Å². The highest BCUT2D eigenvalue weighted by atomic mass is 35.5. The van der Waals surface area contributed by atoms with Crippen LogP contribution in [0.5, 0.6) is 0 Å². The van der Waals surface area contributed by atoms with Crippen LogP contribution in [-0.4, -0.2) is 14.7 Å². The summed E-state index contributed by atoms with van der Waals surface area (Å²) in [5.74, 6) is 0.793. The van der Waals surface area contributed by atoms with Gasteiger partial charge >= 0.3 is 0 Å². The second-order valence-corrected chi connectivity index (χ2v) is 5.39. The fraction of sp³-hybridized carbons (Fsp3) is 0.231. The van der Waals surface area contributed by atoms with Crippen LogP contribution in [0.25, 0.3) is 11.0 Å². The first-order valence-electron chi connectivity index (χ1n) is 5.84. The number of benzene rings is 1. The van der Waals surface area contributed by atoms with Gasteiger partial charge in [-0.2, -0.15) is 0 Å². The number of alkyl halides is 1. The van der Waals surface area contributed by atoms with Crippen LogP contribution < -0.4 is 0 Å². The summed E-state index contributed by atoms with van der Waals surface area (Å²) in [6, 6.07) is 7.41. The molecule has 2 aromatic heterocycles. The molecule has 1 aromatic carbocycles. The van der Waals surface area contributed by atoms with Crippen molar-refractivity contribution in [1.29, 1.82) is 0 Å². The van der Waals surface area contributed by atoms with Crippen LogP contribution in [0, 0.1) is 0 Å². The number of fused-ring (bicyclic) bond motifs is 1. The molecule has 1 unspecified atom stereocenters. The molecular weight excluding hydrogens is 285 g/mol. The van der Waals surface area contributed by atoms with Crippen molar-refractivity contribution in [3.05, 3.63) is 47.1 Å². The van der Waals surface area contributed by atoms with Crippen molar-refractivity contribution in [2.75, 3.05) is 0 Å². The quantitative estimate of drug-likeness (QED) is 0.685. The second kappa shape index (κ2) is 4.87. The molecule has 0 aliphatic rings. The van der Waals surface area contributed by atoms with Crippen molar-refractivity contribution in [1.82, 2.24) is 14.7 Å². The van der Waals surface area contributed by atoms with E-state index in [2.05, 4.69) is 10.1 Å². The number of hydrogen-bond acceptors (Lipinski definition) is 3. The minimum Gasteiger partial charge on any atom is -0.364 e. The van der Waals surface area contributed by atoms with Gasteiger partial charge in [0.1, 0.15) is 17.8 Å². The van der Waals surface area contributed by atoms with Crippen LogP contribution in [-0.2, 0) is 6.54 Å². The summed E-state index contributed by atoms with van der Waals surface area (Å²) < 4.78 is 6.87. The van der Waals surface area contributed by atoms with Gasteiger partial charge in [-0.25, -0.2) is 4.98 Å². The molecule has 3 aromatic rings. The first kappa shape index (κ1) is 12.5. The average Bonchev–Trinajstić information content (AvgIpc) is 2.98. The highest BCUT2D eigenvalue weighted by molar-refractivity contribution is 6.31. The number of halogens is 2. The molecule has 0 fully saturated rings. The highest BCUT2D eigenvalue weighted by Crippen LogP contribution is 2.27. The Balaban J connectivity index is 2.18. The summed E-state index contributed by atoms with van der Waals surface area (Å²) in [6.07, 6.45) is 1.55. The minimum atomic E-state index is -0.196. The molecular formula is C13H11Cl2N3O. The third kappa shape index (κ3) is 2.33. The standard InChI is InChI=1S/C13H11Cl2N3O/c1-8(14)13-16-11-3-2-9(15)6-12(11)18(13)7-10-4-5-19-17-10/h2-6,8H,7H2,1H3. The molecule has 0 bridgehead atoms. The summed E-state index contributed by atoms with van der Waals surface area (Å²) in [4.78, 5) is 4.55. The fourth-order valence-electron chi connectivity index (χ4n) is 2.07. The zero-order valence-corrected chi connectivity index (χ0v) is 11.7. The van der Waals surface area contributed by atoms with Crippen molar-refractivity contribution in [3.63, 3.8) is 0 Å². The Bertz CT molecular complexity index is 704. The SMILES string of the molecule is CC(Cl)c1nc2ccc(Cl)cc2n1Cc1ccon1. The molecule has 0 spiro atoms. The van der Waals surface area contributed by atoms with E-state index in [-0.39, 0.29) is 5.38 Å². The van der Waals surface area contributed by atoms with Crippen molar-refractivity contribution in [3.8, 4) is 0 Å². The molecule has 2 heterocycles. The van der Waals surface area contributed by atoms with Gasteiger partial charge in [-0.3, -0.25) is 0 Å².